The number of benzene rings is 2. The molecule has 4 heteroatoms. The van der Waals surface area contributed by atoms with Crippen LogP contribution in [-0.2, 0) is 11.2 Å². The van der Waals surface area contributed by atoms with Crippen LogP contribution < -0.4 is 0 Å². The van der Waals surface area contributed by atoms with Crippen molar-refractivity contribution in [2.45, 2.75) is 84.2 Å². The molecule has 2 aromatic carbocycles. The zero-order chi connectivity index (χ0) is 22.2. The summed E-state index contributed by atoms with van der Waals surface area (Å²) in [5, 5.41) is 0. The molecule has 2 aromatic rings. The van der Waals surface area contributed by atoms with E-state index in [1.54, 1.807) is 24.3 Å². The van der Waals surface area contributed by atoms with Gasteiger partial charge >= 0.3 is 0 Å². The summed E-state index contributed by atoms with van der Waals surface area (Å²) < 4.78 is 50.1. The minimum absolute atomic E-state index is 0.101. The molecular formula is C27H35F3O. The average Bonchev–Trinajstić information content (AvgIpc) is 2.78. The largest absolute Gasteiger partial charge is 0.373 e. The molecule has 0 N–H and O–H groups in total. The molecule has 1 saturated heterocycles. The minimum atomic E-state index is -0.896. The first-order chi connectivity index (χ1) is 15.0. The Bertz CT molecular complexity index is 841. The summed E-state index contributed by atoms with van der Waals surface area (Å²) in [6.07, 6.45) is 9.65. The van der Waals surface area contributed by atoms with Gasteiger partial charge in [-0.15, -0.1) is 0 Å². The number of aryl methyl sites for hydroxylation is 1. The van der Waals surface area contributed by atoms with E-state index in [9.17, 15) is 13.2 Å². The van der Waals surface area contributed by atoms with Crippen LogP contribution >= 0.6 is 0 Å². The Kier molecular flexibility index (Phi) is 9.01. The molecule has 0 aliphatic carbocycles. The number of unbranched alkanes of at least 4 members (excludes halogenated alkanes) is 4. The smallest absolute Gasteiger partial charge is 0.166 e. The SMILES string of the molecule is CCCCCCc1ccc(-c2ccc(C3CCC(CCCC)CO3)c(F)c2)c(F)c1F. The summed E-state index contributed by atoms with van der Waals surface area (Å²) in [7, 11) is 0. The van der Waals surface area contributed by atoms with Gasteiger partial charge in [0.05, 0.1) is 12.7 Å². The minimum Gasteiger partial charge on any atom is -0.373 e. The van der Waals surface area contributed by atoms with Crippen LogP contribution in [0.25, 0.3) is 11.1 Å². The lowest BCUT2D eigenvalue weighted by Crippen LogP contribution is -2.21. The first kappa shape index (κ1) is 23.8. The van der Waals surface area contributed by atoms with E-state index in [1.807, 2.05) is 0 Å². The van der Waals surface area contributed by atoms with Crippen molar-refractivity contribution in [3.05, 3.63) is 58.9 Å². The second-order valence-corrected chi connectivity index (χ2v) is 8.85. The second-order valence-electron chi connectivity index (χ2n) is 8.85. The predicted molar refractivity (Wildman–Crippen MR) is 121 cm³/mol. The van der Waals surface area contributed by atoms with Gasteiger partial charge in [0.1, 0.15) is 5.82 Å². The van der Waals surface area contributed by atoms with Crippen LogP contribution in [-0.4, -0.2) is 6.61 Å². The molecule has 0 amide bonds. The normalized spacial score (nSPS) is 19.0. The van der Waals surface area contributed by atoms with E-state index >= 15 is 0 Å². The van der Waals surface area contributed by atoms with Gasteiger partial charge in [0.15, 0.2) is 11.6 Å². The Labute approximate surface area is 185 Å². The number of hydrogen-bond donors (Lipinski definition) is 0. The predicted octanol–water partition coefficient (Wildman–Crippen LogP) is 8.55. The Morgan fingerprint density at radius 3 is 2.35 bits per heavy atom. The van der Waals surface area contributed by atoms with Crippen molar-refractivity contribution >= 4 is 0 Å². The van der Waals surface area contributed by atoms with Crippen LogP contribution in [0.2, 0.25) is 0 Å². The second kappa shape index (κ2) is 11.7. The third-order valence-electron chi connectivity index (χ3n) is 6.46. The van der Waals surface area contributed by atoms with Crippen LogP contribution in [0.4, 0.5) is 13.2 Å². The van der Waals surface area contributed by atoms with Gasteiger partial charge in [0, 0.05) is 11.1 Å². The fourth-order valence-electron chi connectivity index (χ4n) is 4.48. The fraction of sp³-hybridized carbons (Fsp3) is 0.556. The van der Waals surface area contributed by atoms with E-state index in [4.69, 9.17) is 4.74 Å². The molecule has 1 nitrogen and oxygen atoms in total. The molecule has 0 spiro atoms. The summed E-state index contributed by atoms with van der Waals surface area (Å²) in [6, 6.07) is 7.84. The highest BCUT2D eigenvalue weighted by atomic mass is 19.2. The van der Waals surface area contributed by atoms with Crippen molar-refractivity contribution in [3.8, 4) is 11.1 Å². The summed E-state index contributed by atoms with van der Waals surface area (Å²) >= 11 is 0. The molecule has 1 aliphatic rings. The lowest BCUT2D eigenvalue weighted by molar-refractivity contribution is -0.0214. The molecule has 0 saturated carbocycles. The van der Waals surface area contributed by atoms with Gasteiger partial charge in [-0.2, -0.15) is 0 Å². The van der Waals surface area contributed by atoms with Crippen molar-refractivity contribution in [2.24, 2.45) is 5.92 Å². The molecule has 0 bridgehead atoms. The number of ether oxygens (including phenoxy) is 1. The maximum atomic E-state index is 14.9. The first-order valence-electron chi connectivity index (χ1n) is 11.9. The maximum absolute atomic E-state index is 14.9. The molecule has 2 atom stereocenters. The number of rotatable bonds is 10. The van der Waals surface area contributed by atoms with Gasteiger partial charge in [-0.3, -0.25) is 0 Å². The van der Waals surface area contributed by atoms with Crippen molar-refractivity contribution in [1.29, 1.82) is 0 Å². The van der Waals surface area contributed by atoms with Crippen molar-refractivity contribution in [3.63, 3.8) is 0 Å². The van der Waals surface area contributed by atoms with E-state index in [-0.39, 0.29) is 11.7 Å². The highest BCUT2D eigenvalue weighted by Gasteiger charge is 2.25. The van der Waals surface area contributed by atoms with E-state index in [2.05, 4.69) is 13.8 Å². The van der Waals surface area contributed by atoms with Gasteiger partial charge in [-0.25, -0.2) is 13.2 Å². The molecule has 31 heavy (non-hydrogen) atoms. The topological polar surface area (TPSA) is 9.23 Å². The molecule has 0 aromatic heterocycles. The molecule has 170 valence electrons. The van der Waals surface area contributed by atoms with Gasteiger partial charge in [0.25, 0.3) is 0 Å². The molecule has 1 aliphatic heterocycles. The van der Waals surface area contributed by atoms with Crippen molar-refractivity contribution in [2.75, 3.05) is 6.61 Å². The van der Waals surface area contributed by atoms with Crippen LogP contribution in [0.1, 0.15) is 88.9 Å². The Balaban J connectivity index is 1.69. The van der Waals surface area contributed by atoms with Crippen LogP contribution in [0.5, 0.6) is 0 Å². The summed E-state index contributed by atoms with van der Waals surface area (Å²) in [4.78, 5) is 0. The van der Waals surface area contributed by atoms with Gasteiger partial charge in [-0.05, 0) is 55.2 Å². The third-order valence-corrected chi connectivity index (χ3v) is 6.46. The molecular weight excluding hydrogens is 397 g/mol. The molecule has 3 rings (SSSR count). The van der Waals surface area contributed by atoms with Crippen LogP contribution in [0.3, 0.4) is 0 Å². The zero-order valence-corrected chi connectivity index (χ0v) is 18.9. The first-order valence-corrected chi connectivity index (χ1v) is 11.9. The van der Waals surface area contributed by atoms with Crippen molar-refractivity contribution in [1.82, 2.24) is 0 Å². The van der Waals surface area contributed by atoms with E-state index in [0.29, 0.717) is 35.6 Å². The third kappa shape index (κ3) is 6.12. The van der Waals surface area contributed by atoms with E-state index in [1.165, 1.54) is 18.9 Å². The van der Waals surface area contributed by atoms with Gasteiger partial charge in [0.2, 0.25) is 0 Å². The zero-order valence-electron chi connectivity index (χ0n) is 18.9. The highest BCUT2D eigenvalue weighted by Crippen LogP contribution is 2.36. The Morgan fingerprint density at radius 2 is 1.68 bits per heavy atom. The molecule has 0 radical (unpaired) electrons. The Morgan fingerprint density at radius 1 is 0.871 bits per heavy atom. The van der Waals surface area contributed by atoms with E-state index < -0.39 is 17.5 Å². The summed E-state index contributed by atoms with van der Waals surface area (Å²) in [6.45, 7) is 4.95. The monoisotopic (exact) mass is 432 g/mol. The average molecular weight is 433 g/mol. The maximum Gasteiger partial charge on any atom is 0.166 e. The highest BCUT2D eigenvalue weighted by molar-refractivity contribution is 5.65. The standard InChI is InChI=1S/C27H35F3O/c1-3-5-7-8-10-20-12-14-22(27(30)26(20)29)21-13-15-23(24(28)17-21)25-16-11-19(18-31-25)9-6-4-2/h12-15,17,19,25H,3-11,16,18H2,1-2H3. The van der Waals surface area contributed by atoms with Crippen molar-refractivity contribution < 1.29 is 17.9 Å². The van der Waals surface area contributed by atoms with Crippen LogP contribution in [0.15, 0.2) is 30.3 Å². The Hall–Kier alpha value is -1.81. The molecule has 2 unspecified atom stereocenters. The lowest BCUT2D eigenvalue weighted by Gasteiger charge is -2.29. The molecule has 1 heterocycles. The number of halogens is 3. The summed E-state index contributed by atoms with van der Waals surface area (Å²) in [5.41, 5.74) is 1.35. The van der Waals surface area contributed by atoms with Gasteiger partial charge in [-0.1, -0.05) is 70.2 Å². The fourth-order valence-corrected chi connectivity index (χ4v) is 4.48. The quantitative estimate of drug-likeness (QED) is 0.342. The summed E-state index contributed by atoms with van der Waals surface area (Å²) in [5.74, 6) is -1.57. The van der Waals surface area contributed by atoms with E-state index in [0.717, 1.165) is 44.9 Å². The lowest BCUT2D eigenvalue weighted by atomic mass is 9.90. The van der Waals surface area contributed by atoms with Gasteiger partial charge < -0.3 is 4.74 Å². The van der Waals surface area contributed by atoms with Crippen LogP contribution in [0, 0.1) is 23.4 Å². The molecule has 1 fully saturated rings. The number of hydrogen-bond acceptors (Lipinski definition) is 1.